The van der Waals surface area contributed by atoms with Crippen LogP contribution in [0.4, 0.5) is 5.82 Å². The second-order valence-corrected chi connectivity index (χ2v) is 5.09. The van der Waals surface area contributed by atoms with Gasteiger partial charge in [0.15, 0.2) is 0 Å². The molecule has 0 aromatic carbocycles. The van der Waals surface area contributed by atoms with E-state index in [4.69, 9.17) is 0 Å². The van der Waals surface area contributed by atoms with Gasteiger partial charge in [-0.05, 0) is 38.4 Å². The van der Waals surface area contributed by atoms with Crippen LogP contribution in [0.3, 0.4) is 0 Å². The lowest BCUT2D eigenvalue weighted by Crippen LogP contribution is -2.38. The highest BCUT2D eigenvalue weighted by Gasteiger charge is 2.14. The summed E-state index contributed by atoms with van der Waals surface area (Å²) in [4.78, 5) is 13.3. The first-order valence-electron chi connectivity index (χ1n) is 7.05. The van der Waals surface area contributed by atoms with Gasteiger partial charge in [-0.1, -0.05) is 6.07 Å². The number of anilines is 1. The number of nitrogens with one attached hydrogen (secondary N) is 2. The Kier molecular flexibility index (Phi) is 3.87. The van der Waals surface area contributed by atoms with Gasteiger partial charge in [0.05, 0.1) is 11.4 Å². The minimum atomic E-state index is 0.439. The second kappa shape index (κ2) is 5.96. The van der Waals surface area contributed by atoms with Gasteiger partial charge in [-0.3, -0.25) is 4.98 Å². The van der Waals surface area contributed by atoms with Gasteiger partial charge in [0.1, 0.15) is 11.6 Å². The highest BCUT2D eigenvalue weighted by atomic mass is 15.1. The van der Waals surface area contributed by atoms with E-state index in [2.05, 4.69) is 25.6 Å². The van der Waals surface area contributed by atoms with Crippen LogP contribution < -0.4 is 10.6 Å². The topological polar surface area (TPSA) is 62.7 Å². The van der Waals surface area contributed by atoms with Gasteiger partial charge < -0.3 is 10.6 Å². The Hall–Kier alpha value is -2.01. The zero-order valence-corrected chi connectivity index (χ0v) is 11.6. The van der Waals surface area contributed by atoms with Crippen molar-refractivity contribution >= 4 is 5.82 Å². The SMILES string of the molecule is Cc1nc(NC2CCCNC2)cc(-c2ccccn2)n1. The van der Waals surface area contributed by atoms with Crippen LogP contribution in [-0.2, 0) is 0 Å². The molecule has 1 atom stereocenters. The maximum atomic E-state index is 4.48. The molecule has 5 heteroatoms. The lowest BCUT2D eigenvalue weighted by atomic mass is 10.1. The predicted molar refractivity (Wildman–Crippen MR) is 79.5 cm³/mol. The minimum absolute atomic E-state index is 0.439. The van der Waals surface area contributed by atoms with Crippen LogP contribution in [0.2, 0.25) is 0 Å². The average molecular weight is 269 g/mol. The van der Waals surface area contributed by atoms with Crippen molar-refractivity contribution in [1.29, 1.82) is 0 Å². The molecule has 1 saturated heterocycles. The summed E-state index contributed by atoms with van der Waals surface area (Å²) in [5, 5.41) is 6.89. The van der Waals surface area contributed by atoms with E-state index in [1.807, 2.05) is 31.2 Å². The van der Waals surface area contributed by atoms with E-state index >= 15 is 0 Å². The van der Waals surface area contributed by atoms with E-state index in [-0.39, 0.29) is 0 Å². The molecular weight excluding hydrogens is 250 g/mol. The summed E-state index contributed by atoms with van der Waals surface area (Å²) in [5.41, 5.74) is 1.74. The number of pyridine rings is 1. The molecule has 104 valence electrons. The molecule has 0 aliphatic carbocycles. The molecule has 1 aliphatic heterocycles. The van der Waals surface area contributed by atoms with Crippen LogP contribution in [0.5, 0.6) is 0 Å². The maximum Gasteiger partial charge on any atom is 0.130 e. The molecule has 0 saturated carbocycles. The third kappa shape index (κ3) is 3.11. The summed E-state index contributed by atoms with van der Waals surface area (Å²) in [6.07, 6.45) is 4.16. The summed E-state index contributed by atoms with van der Waals surface area (Å²) in [6.45, 7) is 4.01. The molecule has 0 radical (unpaired) electrons. The van der Waals surface area contributed by atoms with Crippen molar-refractivity contribution in [3.05, 3.63) is 36.3 Å². The third-order valence-electron chi connectivity index (χ3n) is 3.41. The zero-order valence-electron chi connectivity index (χ0n) is 11.6. The number of rotatable bonds is 3. The Morgan fingerprint density at radius 1 is 1.25 bits per heavy atom. The number of aromatic nitrogens is 3. The number of piperidine rings is 1. The first-order chi connectivity index (χ1) is 9.81. The molecule has 5 nitrogen and oxygen atoms in total. The van der Waals surface area contributed by atoms with Crippen molar-refractivity contribution in [1.82, 2.24) is 20.3 Å². The fourth-order valence-electron chi connectivity index (χ4n) is 2.47. The van der Waals surface area contributed by atoms with Crippen LogP contribution in [0.1, 0.15) is 18.7 Å². The lowest BCUT2D eigenvalue weighted by Gasteiger charge is -2.24. The molecule has 3 heterocycles. The Morgan fingerprint density at radius 2 is 2.20 bits per heavy atom. The van der Waals surface area contributed by atoms with Crippen molar-refractivity contribution in [3.63, 3.8) is 0 Å². The average Bonchev–Trinajstić information content (AvgIpc) is 2.49. The van der Waals surface area contributed by atoms with Crippen LogP contribution in [0, 0.1) is 6.92 Å². The fraction of sp³-hybridized carbons (Fsp3) is 0.400. The van der Waals surface area contributed by atoms with E-state index in [1.54, 1.807) is 6.20 Å². The number of hydrogen-bond donors (Lipinski definition) is 2. The highest BCUT2D eigenvalue weighted by molar-refractivity contribution is 5.58. The number of aryl methyl sites for hydroxylation is 1. The van der Waals surface area contributed by atoms with Gasteiger partial charge in [0.2, 0.25) is 0 Å². The van der Waals surface area contributed by atoms with Gasteiger partial charge in [0.25, 0.3) is 0 Å². The summed E-state index contributed by atoms with van der Waals surface area (Å²) in [5.74, 6) is 1.64. The molecule has 0 bridgehead atoms. The summed E-state index contributed by atoms with van der Waals surface area (Å²) in [7, 11) is 0. The Bertz CT molecular complexity index is 564. The van der Waals surface area contributed by atoms with E-state index in [1.165, 1.54) is 12.8 Å². The van der Waals surface area contributed by atoms with Crippen molar-refractivity contribution < 1.29 is 0 Å². The number of nitrogens with zero attached hydrogens (tertiary/aromatic N) is 3. The van der Waals surface area contributed by atoms with Gasteiger partial charge >= 0.3 is 0 Å². The fourth-order valence-corrected chi connectivity index (χ4v) is 2.47. The first kappa shape index (κ1) is 13.0. The monoisotopic (exact) mass is 269 g/mol. The number of hydrogen-bond acceptors (Lipinski definition) is 5. The largest absolute Gasteiger partial charge is 0.366 e. The second-order valence-electron chi connectivity index (χ2n) is 5.09. The van der Waals surface area contributed by atoms with Crippen LogP contribution >= 0.6 is 0 Å². The molecule has 0 spiro atoms. The molecule has 2 N–H and O–H groups in total. The summed E-state index contributed by atoms with van der Waals surface area (Å²) >= 11 is 0. The smallest absolute Gasteiger partial charge is 0.130 e. The van der Waals surface area contributed by atoms with E-state index < -0.39 is 0 Å². The van der Waals surface area contributed by atoms with Crippen LogP contribution in [-0.4, -0.2) is 34.1 Å². The van der Waals surface area contributed by atoms with Gasteiger partial charge in [-0.25, -0.2) is 9.97 Å². The van der Waals surface area contributed by atoms with Crippen LogP contribution in [0.15, 0.2) is 30.5 Å². The van der Waals surface area contributed by atoms with E-state index in [0.717, 1.165) is 36.1 Å². The first-order valence-corrected chi connectivity index (χ1v) is 7.05. The Balaban J connectivity index is 1.83. The molecule has 3 rings (SSSR count). The Labute approximate surface area is 118 Å². The van der Waals surface area contributed by atoms with E-state index in [9.17, 15) is 0 Å². The normalized spacial score (nSPS) is 18.8. The van der Waals surface area contributed by atoms with Crippen molar-refractivity contribution in [3.8, 4) is 11.4 Å². The maximum absolute atomic E-state index is 4.48. The zero-order chi connectivity index (χ0) is 13.8. The van der Waals surface area contributed by atoms with Crippen LogP contribution in [0.25, 0.3) is 11.4 Å². The molecule has 1 fully saturated rings. The quantitative estimate of drug-likeness (QED) is 0.892. The standard InChI is InChI=1S/C15H19N5/c1-11-18-14(13-6-2-3-8-17-13)9-15(19-11)20-12-5-4-7-16-10-12/h2-3,6,8-9,12,16H,4-5,7,10H2,1H3,(H,18,19,20). The summed E-state index contributed by atoms with van der Waals surface area (Å²) in [6, 6.07) is 8.26. The molecule has 2 aromatic rings. The third-order valence-corrected chi connectivity index (χ3v) is 3.41. The molecule has 0 amide bonds. The van der Waals surface area contributed by atoms with Crippen molar-refractivity contribution in [2.75, 3.05) is 18.4 Å². The van der Waals surface area contributed by atoms with Gasteiger partial charge in [-0.15, -0.1) is 0 Å². The molecule has 2 aromatic heterocycles. The molecule has 1 unspecified atom stereocenters. The molecular formula is C15H19N5. The summed E-state index contributed by atoms with van der Waals surface area (Å²) < 4.78 is 0. The van der Waals surface area contributed by atoms with Crippen molar-refractivity contribution in [2.24, 2.45) is 0 Å². The predicted octanol–water partition coefficient (Wildman–Crippen LogP) is 2.01. The molecule has 20 heavy (non-hydrogen) atoms. The van der Waals surface area contributed by atoms with E-state index in [0.29, 0.717) is 6.04 Å². The lowest BCUT2D eigenvalue weighted by molar-refractivity contribution is 0.479. The van der Waals surface area contributed by atoms with Gasteiger partial charge in [0, 0.05) is 24.8 Å². The Morgan fingerprint density at radius 3 is 2.95 bits per heavy atom. The van der Waals surface area contributed by atoms with Gasteiger partial charge in [-0.2, -0.15) is 0 Å². The highest BCUT2D eigenvalue weighted by Crippen LogP contribution is 2.18. The molecule has 1 aliphatic rings. The minimum Gasteiger partial charge on any atom is -0.366 e. The van der Waals surface area contributed by atoms with Crippen molar-refractivity contribution in [2.45, 2.75) is 25.8 Å².